The van der Waals surface area contributed by atoms with E-state index in [4.69, 9.17) is 0 Å². The van der Waals surface area contributed by atoms with Crippen LogP contribution in [0.1, 0.15) is 28.7 Å². The molecule has 0 aliphatic carbocycles. The Morgan fingerprint density at radius 2 is 2.14 bits per heavy atom. The smallest absolute Gasteiger partial charge is 0.141 e. The van der Waals surface area contributed by atoms with E-state index in [1.54, 1.807) is 11.3 Å². The standard InChI is InChI=1S/C9H12N4S/c1-6-4-5-13(12-6)7(2)9-11-10-8(3)14-9/h4-5,7H,1-3H3. The fourth-order valence-corrected chi connectivity index (χ4v) is 1.99. The lowest BCUT2D eigenvalue weighted by molar-refractivity contribution is 0.553. The van der Waals surface area contributed by atoms with Gasteiger partial charge in [-0.3, -0.25) is 4.68 Å². The van der Waals surface area contributed by atoms with E-state index in [1.165, 1.54) is 0 Å². The minimum Gasteiger partial charge on any atom is -0.263 e. The zero-order chi connectivity index (χ0) is 10.1. The molecule has 0 spiro atoms. The van der Waals surface area contributed by atoms with E-state index in [2.05, 4.69) is 22.2 Å². The first kappa shape index (κ1) is 9.33. The molecular weight excluding hydrogens is 196 g/mol. The number of rotatable bonds is 2. The van der Waals surface area contributed by atoms with Crippen molar-refractivity contribution in [2.45, 2.75) is 26.8 Å². The molecule has 5 heteroatoms. The van der Waals surface area contributed by atoms with Gasteiger partial charge in [-0.15, -0.1) is 10.2 Å². The molecule has 0 aliphatic heterocycles. The minimum atomic E-state index is 0.176. The monoisotopic (exact) mass is 208 g/mol. The highest BCUT2D eigenvalue weighted by Gasteiger charge is 2.12. The minimum absolute atomic E-state index is 0.176. The fourth-order valence-electron chi connectivity index (χ4n) is 1.24. The molecule has 0 radical (unpaired) electrons. The van der Waals surface area contributed by atoms with Crippen LogP contribution in [0.2, 0.25) is 0 Å². The molecule has 0 aromatic carbocycles. The van der Waals surface area contributed by atoms with Crippen molar-refractivity contribution < 1.29 is 0 Å². The molecule has 1 atom stereocenters. The van der Waals surface area contributed by atoms with Crippen LogP contribution in [-0.2, 0) is 0 Å². The van der Waals surface area contributed by atoms with Crippen molar-refractivity contribution in [1.82, 2.24) is 20.0 Å². The Balaban J connectivity index is 2.28. The molecule has 2 rings (SSSR count). The largest absolute Gasteiger partial charge is 0.263 e. The maximum Gasteiger partial charge on any atom is 0.141 e. The summed E-state index contributed by atoms with van der Waals surface area (Å²) in [5.74, 6) is 0. The zero-order valence-corrected chi connectivity index (χ0v) is 9.25. The van der Waals surface area contributed by atoms with Gasteiger partial charge in [-0.25, -0.2) is 0 Å². The van der Waals surface area contributed by atoms with E-state index in [1.807, 2.05) is 30.8 Å². The Bertz CT molecular complexity index is 391. The van der Waals surface area contributed by atoms with E-state index in [0.29, 0.717) is 0 Å². The van der Waals surface area contributed by atoms with Crippen molar-refractivity contribution in [1.29, 1.82) is 0 Å². The van der Waals surface area contributed by atoms with Crippen LogP contribution < -0.4 is 0 Å². The molecule has 0 aliphatic rings. The average molecular weight is 208 g/mol. The molecule has 2 heterocycles. The molecule has 1 unspecified atom stereocenters. The summed E-state index contributed by atoms with van der Waals surface area (Å²) in [5.41, 5.74) is 1.03. The summed E-state index contributed by atoms with van der Waals surface area (Å²) < 4.78 is 1.91. The topological polar surface area (TPSA) is 43.6 Å². The summed E-state index contributed by atoms with van der Waals surface area (Å²) in [6.45, 7) is 6.02. The lowest BCUT2D eigenvalue weighted by Gasteiger charge is -2.07. The maximum absolute atomic E-state index is 4.35. The van der Waals surface area contributed by atoms with Crippen LogP contribution in [-0.4, -0.2) is 20.0 Å². The Kier molecular flexibility index (Phi) is 2.33. The van der Waals surface area contributed by atoms with E-state index in [0.717, 1.165) is 15.7 Å². The van der Waals surface area contributed by atoms with Crippen LogP contribution in [0.3, 0.4) is 0 Å². The molecular formula is C9H12N4S. The lowest BCUT2D eigenvalue weighted by Crippen LogP contribution is -2.07. The number of hydrogen-bond donors (Lipinski definition) is 0. The Hall–Kier alpha value is -1.23. The molecule has 0 bridgehead atoms. The highest BCUT2D eigenvalue weighted by atomic mass is 32.1. The maximum atomic E-state index is 4.35. The summed E-state index contributed by atoms with van der Waals surface area (Å²) in [6.07, 6.45) is 1.97. The quantitative estimate of drug-likeness (QED) is 0.757. The number of nitrogens with zero attached hydrogens (tertiary/aromatic N) is 4. The highest BCUT2D eigenvalue weighted by Crippen LogP contribution is 2.20. The summed E-state index contributed by atoms with van der Waals surface area (Å²) >= 11 is 1.62. The Morgan fingerprint density at radius 3 is 2.64 bits per heavy atom. The number of aromatic nitrogens is 4. The first-order chi connectivity index (χ1) is 6.66. The van der Waals surface area contributed by atoms with Crippen LogP contribution in [0.5, 0.6) is 0 Å². The Labute approximate surface area is 86.6 Å². The van der Waals surface area contributed by atoms with Crippen molar-refractivity contribution in [3.63, 3.8) is 0 Å². The zero-order valence-electron chi connectivity index (χ0n) is 8.43. The van der Waals surface area contributed by atoms with Gasteiger partial charge in [0.1, 0.15) is 16.1 Å². The molecule has 2 aromatic rings. The molecule has 0 saturated carbocycles. The fraction of sp³-hybridized carbons (Fsp3) is 0.444. The van der Waals surface area contributed by atoms with Gasteiger partial charge in [0.05, 0.1) is 5.69 Å². The molecule has 0 amide bonds. The van der Waals surface area contributed by atoms with Crippen LogP contribution >= 0.6 is 11.3 Å². The normalized spacial score (nSPS) is 13.1. The van der Waals surface area contributed by atoms with Crippen LogP contribution in [0.25, 0.3) is 0 Å². The molecule has 2 aromatic heterocycles. The van der Waals surface area contributed by atoms with Gasteiger partial charge in [-0.05, 0) is 26.8 Å². The SMILES string of the molecule is Cc1ccn(C(C)c2nnc(C)s2)n1. The number of aryl methyl sites for hydroxylation is 2. The van der Waals surface area contributed by atoms with Crippen molar-refractivity contribution in [3.8, 4) is 0 Å². The Morgan fingerprint density at radius 1 is 1.36 bits per heavy atom. The van der Waals surface area contributed by atoms with Gasteiger partial charge >= 0.3 is 0 Å². The summed E-state index contributed by atoms with van der Waals surface area (Å²) in [4.78, 5) is 0. The molecule has 14 heavy (non-hydrogen) atoms. The predicted octanol–water partition coefficient (Wildman–Crippen LogP) is 1.96. The van der Waals surface area contributed by atoms with E-state index in [-0.39, 0.29) is 6.04 Å². The van der Waals surface area contributed by atoms with Gasteiger partial charge < -0.3 is 0 Å². The van der Waals surface area contributed by atoms with Gasteiger partial charge in [0.15, 0.2) is 0 Å². The first-order valence-electron chi connectivity index (χ1n) is 4.48. The van der Waals surface area contributed by atoms with E-state index < -0.39 is 0 Å². The second-order valence-corrected chi connectivity index (χ2v) is 4.49. The van der Waals surface area contributed by atoms with E-state index in [9.17, 15) is 0 Å². The highest BCUT2D eigenvalue weighted by molar-refractivity contribution is 7.11. The first-order valence-corrected chi connectivity index (χ1v) is 5.30. The van der Waals surface area contributed by atoms with Gasteiger partial charge in [-0.1, -0.05) is 11.3 Å². The third-order valence-electron chi connectivity index (χ3n) is 2.04. The third-order valence-corrected chi connectivity index (χ3v) is 3.05. The second-order valence-electron chi connectivity index (χ2n) is 3.27. The van der Waals surface area contributed by atoms with Crippen LogP contribution in [0, 0.1) is 13.8 Å². The molecule has 0 saturated heterocycles. The summed E-state index contributed by atoms with van der Waals surface area (Å²) in [7, 11) is 0. The molecule has 4 nitrogen and oxygen atoms in total. The molecule has 0 fully saturated rings. The van der Waals surface area contributed by atoms with Crippen LogP contribution in [0.15, 0.2) is 12.3 Å². The predicted molar refractivity (Wildman–Crippen MR) is 55.4 cm³/mol. The van der Waals surface area contributed by atoms with Crippen molar-refractivity contribution in [2.24, 2.45) is 0 Å². The molecule has 74 valence electrons. The third kappa shape index (κ3) is 1.68. The second kappa shape index (κ2) is 3.49. The van der Waals surface area contributed by atoms with Crippen LogP contribution in [0.4, 0.5) is 0 Å². The average Bonchev–Trinajstić information content (AvgIpc) is 2.73. The van der Waals surface area contributed by atoms with Gasteiger partial charge in [0, 0.05) is 6.20 Å². The van der Waals surface area contributed by atoms with Crippen molar-refractivity contribution in [2.75, 3.05) is 0 Å². The van der Waals surface area contributed by atoms with Crippen molar-refractivity contribution >= 4 is 11.3 Å². The van der Waals surface area contributed by atoms with E-state index >= 15 is 0 Å². The van der Waals surface area contributed by atoms with Gasteiger partial charge in [-0.2, -0.15) is 5.10 Å². The number of hydrogen-bond acceptors (Lipinski definition) is 4. The molecule has 0 N–H and O–H groups in total. The van der Waals surface area contributed by atoms with Gasteiger partial charge in [0.25, 0.3) is 0 Å². The lowest BCUT2D eigenvalue weighted by atomic mass is 10.4. The van der Waals surface area contributed by atoms with Gasteiger partial charge in [0.2, 0.25) is 0 Å². The van der Waals surface area contributed by atoms with Crippen molar-refractivity contribution in [3.05, 3.63) is 28.0 Å². The summed E-state index contributed by atoms with van der Waals surface area (Å²) in [6, 6.07) is 2.17. The summed E-state index contributed by atoms with van der Waals surface area (Å²) in [5, 5.41) is 14.5.